The van der Waals surface area contributed by atoms with Crippen molar-refractivity contribution in [3.63, 3.8) is 0 Å². The Bertz CT molecular complexity index is 519. The summed E-state index contributed by atoms with van der Waals surface area (Å²) in [5.41, 5.74) is -1.04. The minimum Gasteiger partial charge on any atom is -0.385 e. The normalized spacial score (nSPS) is 12.0. The Labute approximate surface area is 122 Å². The van der Waals surface area contributed by atoms with Crippen LogP contribution in [0.4, 0.5) is 18.9 Å². The third kappa shape index (κ3) is 5.27. The minimum atomic E-state index is -4.53. The zero-order chi connectivity index (χ0) is 16.1. The maximum atomic E-state index is 12.9. The van der Waals surface area contributed by atoms with Crippen molar-refractivity contribution in [2.24, 2.45) is 5.41 Å². The fraction of sp³-hybridized carbons (Fsp3) is 0.533. The average Bonchev–Trinajstić information content (AvgIpc) is 2.42. The molecule has 0 bridgehead atoms. The van der Waals surface area contributed by atoms with Crippen LogP contribution < -0.4 is 5.32 Å². The highest BCUT2D eigenvalue weighted by molar-refractivity contribution is 5.53. The summed E-state index contributed by atoms with van der Waals surface area (Å²) in [5, 5.41) is 11.7. The third-order valence-corrected chi connectivity index (χ3v) is 3.20. The van der Waals surface area contributed by atoms with Crippen LogP contribution in [0.25, 0.3) is 0 Å². The Morgan fingerprint density at radius 2 is 1.95 bits per heavy atom. The molecule has 0 heterocycles. The van der Waals surface area contributed by atoms with Gasteiger partial charge in [0.25, 0.3) is 0 Å². The highest BCUT2D eigenvalue weighted by atomic mass is 19.4. The van der Waals surface area contributed by atoms with Crippen LogP contribution >= 0.6 is 0 Å². The first kappa shape index (κ1) is 17.3. The Hall–Kier alpha value is -1.74. The SMILES string of the molecule is COCCC(C)(C)CNc1ccc(C#N)c(C(F)(F)F)c1. The first-order chi connectivity index (χ1) is 9.69. The lowest BCUT2D eigenvalue weighted by atomic mass is 9.89. The first-order valence-electron chi connectivity index (χ1n) is 6.54. The number of alkyl halides is 3. The predicted octanol–water partition coefficient (Wildman–Crippen LogP) is 4.05. The molecule has 3 nitrogen and oxygen atoms in total. The maximum absolute atomic E-state index is 12.9. The molecule has 0 fully saturated rings. The number of hydrogen-bond donors (Lipinski definition) is 1. The van der Waals surface area contributed by atoms with Gasteiger partial charge < -0.3 is 10.1 Å². The van der Waals surface area contributed by atoms with Crippen LogP contribution in [0.5, 0.6) is 0 Å². The number of rotatable bonds is 6. The van der Waals surface area contributed by atoms with E-state index in [4.69, 9.17) is 10.00 Å². The van der Waals surface area contributed by atoms with E-state index >= 15 is 0 Å². The van der Waals surface area contributed by atoms with E-state index in [1.165, 1.54) is 12.1 Å². The molecule has 0 aliphatic rings. The molecule has 1 aromatic rings. The summed E-state index contributed by atoms with van der Waals surface area (Å²) in [6.07, 6.45) is -3.74. The lowest BCUT2D eigenvalue weighted by molar-refractivity contribution is -0.137. The van der Waals surface area contributed by atoms with Gasteiger partial charge in [-0.1, -0.05) is 13.8 Å². The summed E-state index contributed by atoms with van der Waals surface area (Å²) >= 11 is 0. The van der Waals surface area contributed by atoms with Gasteiger partial charge in [-0.05, 0) is 30.0 Å². The van der Waals surface area contributed by atoms with Crippen molar-refractivity contribution >= 4 is 5.69 Å². The number of anilines is 1. The van der Waals surface area contributed by atoms with Crippen molar-refractivity contribution < 1.29 is 17.9 Å². The monoisotopic (exact) mass is 300 g/mol. The molecule has 0 aromatic heterocycles. The van der Waals surface area contributed by atoms with Gasteiger partial charge in [0, 0.05) is 25.9 Å². The molecular formula is C15H19F3N2O. The second-order valence-electron chi connectivity index (χ2n) is 5.63. The second-order valence-corrected chi connectivity index (χ2v) is 5.63. The molecule has 116 valence electrons. The molecule has 6 heteroatoms. The van der Waals surface area contributed by atoms with E-state index < -0.39 is 11.7 Å². The number of nitrogens with one attached hydrogen (secondary N) is 1. The van der Waals surface area contributed by atoms with Crippen molar-refractivity contribution in [1.29, 1.82) is 5.26 Å². The van der Waals surface area contributed by atoms with E-state index in [9.17, 15) is 13.2 Å². The molecule has 0 radical (unpaired) electrons. The van der Waals surface area contributed by atoms with Gasteiger partial charge in [-0.3, -0.25) is 0 Å². The molecule has 1 N–H and O–H groups in total. The largest absolute Gasteiger partial charge is 0.417 e. The van der Waals surface area contributed by atoms with E-state index in [-0.39, 0.29) is 11.0 Å². The molecule has 0 aliphatic carbocycles. The summed E-state index contributed by atoms with van der Waals surface area (Å²) in [4.78, 5) is 0. The van der Waals surface area contributed by atoms with Crippen LogP contribution in [-0.2, 0) is 10.9 Å². The Balaban J connectivity index is 2.84. The lowest BCUT2D eigenvalue weighted by Gasteiger charge is -2.25. The van der Waals surface area contributed by atoms with E-state index in [1.807, 2.05) is 13.8 Å². The van der Waals surface area contributed by atoms with Crippen LogP contribution in [0.15, 0.2) is 18.2 Å². The second kappa shape index (κ2) is 6.81. The van der Waals surface area contributed by atoms with Crippen LogP contribution in [0.1, 0.15) is 31.4 Å². The van der Waals surface area contributed by atoms with E-state index in [2.05, 4.69) is 5.32 Å². The third-order valence-electron chi connectivity index (χ3n) is 3.20. The van der Waals surface area contributed by atoms with Gasteiger partial charge in [-0.15, -0.1) is 0 Å². The van der Waals surface area contributed by atoms with Crippen LogP contribution in [-0.4, -0.2) is 20.3 Å². The van der Waals surface area contributed by atoms with Crippen molar-refractivity contribution in [3.8, 4) is 6.07 Å². The average molecular weight is 300 g/mol. The molecular weight excluding hydrogens is 281 g/mol. The number of halogens is 3. The summed E-state index contributed by atoms with van der Waals surface area (Å²) in [6.45, 7) is 5.12. The number of hydrogen-bond acceptors (Lipinski definition) is 3. The van der Waals surface area contributed by atoms with E-state index in [0.717, 1.165) is 12.5 Å². The van der Waals surface area contributed by atoms with Gasteiger partial charge in [0.15, 0.2) is 0 Å². The molecule has 0 atom stereocenters. The molecule has 1 rings (SSSR count). The lowest BCUT2D eigenvalue weighted by Crippen LogP contribution is -2.24. The zero-order valence-corrected chi connectivity index (χ0v) is 12.3. The van der Waals surface area contributed by atoms with Gasteiger partial charge in [-0.25, -0.2) is 0 Å². The molecule has 0 saturated heterocycles. The standard InChI is InChI=1S/C15H19F3N2O/c1-14(2,6-7-21-3)10-20-12-5-4-11(9-19)13(8-12)15(16,17)18/h4-5,8,20H,6-7,10H2,1-3H3. The molecule has 1 aromatic carbocycles. The number of methoxy groups -OCH3 is 1. The summed E-state index contributed by atoms with van der Waals surface area (Å²) < 4.78 is 43.6. The molecule has 0 spiro atoms. The quantitative estimate of drug-likeness (QED) is 0.862. The van der Waals surface area contributed by atoms with Gasteiger partial charge in [-0.2, -0.15) is 18.4 Å². The molecule has 0 unspecified atom stereocenters. The summed E-state index contributed by atoms with van der Waals surface area (Å²) in [5.74, 6) is 0. The van der Waals surface area contributed by atoms with Crippen molar-refractivity contribution in [3.05, 3.63) is 29.3 Å². The molecule has 0 amide bonds. The van der Waals surface area contributed by atoms with Crippen LogP contribution in [0, 0.1) is 16.7 Å². The maximum Gasteiger partial charge on any atom is 0.417 e. The zero-order valence-electron chi connectivity index (χ0n) is 12.3. The molecule has 0 aliphatic heterocycles. The van der Waals surface area contributed by atoms with Crippen LogP contribution in [0.3, 0.4) is 0 Å². The number of benzene rings is 1. The number of nitriles is 1. The fourth-order valence-corrected chi connectivity index (χ4v) is 1.79. The topological polar surface area (TPSA) is 45.0 Å². The van der Waals surface area contributed by atoms with Crippen LogP contribution in [0.2, 0.25) is 0 Å². The Morgan fingerprint density at radius 1 is 1.29 bits per heavy atom. The minimum absolute atomic E-state index is 0.109. The predicted molar refractivity (Wildman–Crippen MR) is 74.9 cm³/mol. The highest BCUT2D eigenvalue weighted by Gasteiger charge is 2.33. The highest BCUT2D eigenvalue weighted by Crippen LogP contribution is 2.33. The smallest absolute Gasteiger partial charge is 0.385 e. The van der Waals surface area contributed by atoms with Gasteiger partial charge in [0.1, 0.15) is 0 Å². The van der Waals surface area contributed by atoms with E-state index in [0.29, 0.717) is 18.8 Å². The Kier molecular flexibility index (Phi) is 5.62. The van der Waals surface area contributed by atoms with Gasteiger partial charge >= 0.3 is 6.18 Å². The summed E-state index contributed by atoms with van der Waals surface area (Å²) in [6, 6.07) is 5.22. The fourth-order valence-electron chi connectivity index (χ4n) is 1.79. The summed E-state index contributed by atoms with van der Waals surface area (Å²) in [7, 11) is 1.61. The number of nitrogens with zero attached hydrogens (tertiary/aromatic N) is 1. The van der Waals surface area contributed by atoms with E-state index in [1.54, 1.807) is 13.2 Å². The van der Waals surface area contributed by atoms with Crippen molar-refractivity contribution in [2.75, 3.05) is 25.6 Å². The van der Waals surface area contributed by atoms with Gasteiger partial charge in [0.2, 0.25) is 0 Å². The van der Waals surface area contributed by atoms with Crippen molar-refractivity contribution in [2.45, 2.75) is 26.4 Å². The number of ether oxygens (including phenoxy) is 1. The Morgan fingerprint density at radius 3 is 2.48 bits per heavy atom. The van der Waals surface area contributed by atoms with Gasteiger partial charge in [0.05, 0.1) is 17.2 Å². The molecule has 21 heavy (non-hydrogen) atoms. The van der Waals surface area contributed by atoms with Crippen molar-refractivity contribution in [1.82, 2.24) is 0 Å². The molecule has 0 saturated carbocycles. The first-order valence-corrected chi connectivity index (χ1v) is 6.54.